The number of Topliss-reactive ketones (excluding diaryl/α,β-unsaturated/α-hetero) is 1. The predicted molar refractivity (Wildman–Crippen MR) is 97.9 cm³/mol. The van der Waals surface area contributed by atoms with Gasteiger partial charge >= 0.3 is 12.0 Å². The normalized spacial score (nSPS) is 10.5. The van der Waals surface area contributed by atoms with Crippen LogP contribution in [0.4, 0.5) is 13.6 Å². The third kappa shape index (κ3) is 6.15. The highest BCUT2D eigenvalue weighted by Crippen LogP contribution is 2.12. The van der Waals surface area contributed by atoms with E-state index >= 15 is 0 Å². The second kappa shape index (κ2) is 9.59. The summed E-state index contributed by atoms with van der Waals surface area (Å²) in [7, 11) is 0. The Morgan fingerprint density at radius 1 is 1.04 bits per heavy atom. The number of ketones is 1. The molecule has 2 aromatic rings. The van der Waals surface area contributed by atoms with E-state index in [9.17, 15) is 23.2 Å². The van der Waals surface area contributed by atoms with E-state index in [1.165, 1.54) is 12.1 Å². The number of ether oxygens (including phenoxy) is 1. The van der Waals surface area contributed by atoms with Crippen LogP contribution in [0, 0.1) is 11.6 Å². The molecule has 0 heterocycles. The van der Waals surface area contributed by atoms with E-state index in [0.29, 0.717) is 0 Å². The molecule has 0 aromatic heterocycles. The summed E-state index contributed by atoms with van der Waals surface area (Å²) in [6.07, 6.45) is 0. The Labute approximate surface area is 160 Å². The highest BCUT2D eigenvalue weighted by Gasteiger charge is 2.16. The highest BCUT2D eigenvalue weighted by atomic mass is 19.1. The van der Waals surface area contributed by atoms with Gasteiger partial charge in [-0.05, 0) is 49.7 Å². The monoisotopic (exact) mass is 390 g/mol. The van der Waals surface area contributed by atoms with E-state index in [4.69, 9.17) is 4.74 Å². The average Bonchev–Trinajstić information content (AvgIpc) is 2.66. The molecule has 0 aliphatic rings. The van der Waals surface area contributed by atoms with Crippen molar-refractivity contribution in [3.05, 3.63) is 70.8 Å². The number of carbonyl (C=O) groups is 3. The van der Waals surface area contributed by atoms with Crippen LogP contribution in [0.25, 0.3) is 0 Å². The molecule has 0 aliphatic heterocycles. The molecule has 0 atom stereocenters. The standard InChI is InChI=1S/C20H20F2N2O4/c1-12(2)24-20(27)23-10-13-3-5-14(6-4-13)19(26)28-11-18(25)16-9-15(21)7-8-17(16)22/h3-9,12H,10-11H2,1-2H3,(H2,23,24,27). The van der Waals surface area contributed by atoms with Gasteiger partial charge in [0.05, 0.1) is 11.1 Å². The molecule has 8 heteroatoms. The van der Waals surface area contributed by atoms with E-state index in [1.54, 1.807) is 12.1 Å². The molecule has 6 nitrogen and oxygen atoms in total. The number of hydrogen-bond acceptors (Lipinski definition) is 4. The van der Waals surface area contributed by atoms with Gasteiger partial charge in [0.2, 0.25) is 5.78 Å². The number of rotatable bonds is 7. The Kier molecular flexibility index (Phi) is 7.20. The largest absolute Gasteiger partial charge is 0.454 e. The molecule has 0 aliphatic carbocycles. The van der Waals surface area contributed by atoms with Crippen molar-refractivity contribution >= 4 is 17.8 Å². The lowest BCUT2D eigenvalue weighted by atomic mass is 10.1. The van der Waals surface area contributed by atoms with Gasteiger partial charge in [0.15, 0.2) is 6.61 Å². The first-order valence-electron chi connectivity index (χ1n) is 8.55. The van der Waals surface area contributed by atoms with Crippen molar-refractivity contribution in [2.24, 2.45) is 0 Å². The Bertz CT molecular complexity index is 867. The zero-order chi connectivity index (χ0) is 20.7. The van der Waals surface area contributed by atoms with Crippen LogP contribution in [0.2, 0.25) is 0 Å². The van der Waals surface area contributed by atoms with Crippen molar-refractivity contribution in [3.63, 3.8) is 0 Å². The predicted octanol–water partition coefficient (Wildman–Crippen LogP) is 3.21. The second-order valence-corrected chi connectivity index (χ2v) is 6.30. The Morgan fingerprint density at radius 2 is 1.71 bits per heavy atom. The van der Waals surface area contributed by atoms with E-state index in [-0.39, 0.29) is 24.2 Å². The minimum atomic E-state index is -0.888. The molecule has 0 bridgehead atoms. The summed E-state index contributed by atoms with van der Waals surface area (Å²) >= 11 is 0. The third-order valence-electron chi connectivity index (χ3n) is 3.63. The first-order chi connectivity index (χ1) is 13.3. The number of hydrogen-bond donors (Lipinski definition) is 2. The second-order valence-electron chi connectivity index (χ2n) is 6.30. The van der Waals surface area contributed by atoms with Gasteiger partial charge in [0, 0.05) is 12.6 Å². The first kappa shape index (κ1) is 21.0. The van der Waals surface area contributed by atoms with Crippen molar-refractivity contribution in [2.45, 2.75) is 26.4 Å². The van der Waals surface area contributed by atoms with E-state index < -0.39 is 35.6 Å². The van der Waals surface area contributed by atoms with Gasteiger partial charge in [0.1, 0.15) is 11.6 Å². The Hall–Kier alpha value is -3.29. The first-order valence-corrected chi connectivity index (χ1v) is 8.55. The molecule has 0 fully saturated rings. The molecule has 148 valence electrons. The quantitative estimate of drug-likeness (QED) is 0.562. The van der Waals surface area contributed by atoms with Gasteiger partial charge in [-0.1, -0.05) is 12.1 Å². The Balaban J connectivity index is 1.88. The summed E-state index contributed by atoms with van der Waals surface area (Å²) < 4.78 is 31.5. The SMILES string of the molecule is CC(C)NC(=O)NCc1ccc(C(=O)OCC(=O)c2cc(F)ccc2F)cc1. The summed E-state index contributed by atoms with van der Waals surface area (Å²) in [5.74, 6) is -3.27. The van der Waals surface area contributed by atoms with Gasteiger partial charge in [-0.3, -0.25) is 4.79 Å². The molecule has 2 rings (SSSR count). The van der Waals surface area contributed by atoms with Gasteiger partial charge < -0.3 is 15.4 Å². The lowest BCUT2D eigenvalue weighted by Crippen LogP contribution is -2.39. The maximum absolute atomic E-state index is 13.5. The minimum Gasteiger partial charge on any atom is -0.454 e. The summed E-state index contributed by atoms with van der Waals surface area (Å²) in [5, 5.41) is 5.35. The smallest absolute Gasteiger partial charge is 0.338 e. The van der Waals surface area contributed by atoms with Crippen molar-refractivity contribution in [2.75, 3.05) is 6.61 Å². The fourth-order valence-electron chi connectivity index (χ4n) is 2.26. The van der Waals surface area contributed by atoms with Crippen LogP contribution in [0.5, 0.6) is 0 Å². The zero-order valence-corrected chi connectivity index (χ0v) is 15.4. The molecule has 2 aromatic carbocycles. The van der Waals surface area contributed by atoms with Crippen LogP contribution in [-0.2, 0) is 11.3 Å². The van der Waals surface area contributed by atoms with Crippen molar-refractivity contribution < 1.29 is 27.9 Å². The van der Waals surface area contributed by atoms with Crippen molar-refractivity contribution in [1.29, 1.82) is 0 Å². The summed E-state index contributed by atoms with van der Waals surface area (Å²) in [4.78, 5) is 35.4. The van der Waals surface area contributed by atoms with Gasteiger partial charge in [0.25, 0.3) is 0 Å². The summed E-state index contributed by atoms with van der Waals surface area (Å²) in [6.45, 7) is 3.24. The fraction of sp³-hybridized carbons (Fsp3) is 0.250. The molecule has 0 saturated heterocycles. The average molecular weight is 390 g/mol. The molecule has 28 heavy (non-hydrogen) atoms. The number of benzene rings is 2. The van der Waals surface area contributed by atoms with Crippen LogP contribution >= 0.6 is 0 Å². The zero-order valence-electron chi connectivity index (χ0n) is 15.4. The van der Waals surface area contributed by atoms with Gasteiger partial charge in [-0.2, -0.15) is 0 Å². The van der Waals surface area contributed by atoms with E-state index in [1.807, 2.05) is 13.8 Å². The maximum Gasteiger partial charge on any atom is 0.338 e. The van der Waals surface area contributed by atoms with E-state index in [2.05, 4.69) is 10.6 Å². The Morgan fingerprint density at radius 3 is 2.36 bits per heavy atom. The number of nitrogens with one attached hydrogen (secondary N) is 2. The van der Waals surface area contributed by atoms with Crippen LogP contribution in [0.15, 0.2) is 42.5 Å². The molecule has 0 spiro atoms. The maximum atomic E-state index is 13.5. The summed E-state index contributed by atoms with van der Waals surface area (Å²) in [6, 6.07) is 8.39. The van der Waals surface area contributed by atoms with E-state index in [0.717, 1.165) is 23.8 Å². The molecule has 0 saturated carbocycles. The number of esters is 1. The summed E-state index contributed by atoms with van der Waals surface area (Å²) in [5.41, 5.74) is 0.463. The van der Waals surface area contributed by atoms with Crippen molar-refractivity contribution in [3.8, 4) is 0 Å². The molecule has 2 N–H and O–H groups in total. The topological polar surface area (TPSA) is 84.5 Å². The molecular weight excluding hydrogens is 370 g/mol. The fourth-order valence-corrected chi connectivity index (χ4v) is 2.26. The minimum absolute atomic E-state index is 0.0145. The van der Waals surface area contributed by atoms with Gasteiger partial charge in [-0.25, -0.2) is 18.4 Å². The molecule has 0 unspecified atom stereocenters. The molecule has 2 amide bonds. The molecule has 0 radical (unpaired) electrons. The van der Waals surface area contributed by atoms with Crippen LogP contribution in [0.3, 0.4) is 0 Å². The molecular formula is C20H20F2N2O4. The van der Waals surface area contributed by atoms with Crippen LogP contribution in [-0.4, -0.2) is 30.4 Å². The lowest BCUT2D eigenvalue weighted by molar-refractivity contribution is 0.0473. The number of carbonyl (C=O) groups excluding carboxylic acids is 3. The number of urea groups is 1. The third-order valence-corrected chi connectivity index (χ3v) is 3.63. The van der Waals surface area contributed by atoms with Crippen molar-refractivity contribution in [1.82, 2.24) is 10.6 Å². The number of halogens is 2. The van der Waals surface area contributed by atoms with Crippen LogP contribution in [0.1, 0.15) is 40.1 Å². The van der Waals surface area contributed by atoms with Gasteiger partial charge in [-0.15, -0.1) is 0 Å². The number of amides is 2. The lowest BCUT2D eigenvalue weighted by Gasteiger charge is -2.10. The highest BCUT2D eigenvalue weighted by molar-refractivity contribution is 5.99. The van der Waals surface area contributed by atoms with Crippen LogP contribution < -0.4 is 10.6 Å².